The van der Waals surface area contributed by atoms with Gasteiger partial charge in [0.15, 0.2) is 5.69 Å². The zero-order chi connectivity index (χ0) is 21.7. The van der Waals surface area contributed by atoms with Gasteiger partial charge in [0.05, 0.1) is 11.4 Å². The minimum absolute atomic E-state index is 0.111. The van der Waals surface area contributed by atoms with E-state index in [2.05, 4.69) is 21.3 Å². The second-order valence-electron chi connectivity index (χ2n) is 8.43. The number of aromatic nitrogens is 4. The predicted molar refractivity (Wildman–Crippen MR) is 121 cm³/mol. The lowest BCUT2D eigenvalue weighted by Gasteiger charge is -2.27. The molecule has 0 radical (unpaired) electrons. The number of amides is 1. The van der Waals surface area contributed by atoms with Crippen molar-refractivity contribution in [2.45, 2.75) is 38.6 Å². The number of rotatable bonds is 3. The van der Waals surface area contributed by atoms with Gasteiger partial charge >= 0.3 is 0 Å². The van der Waals surface area contributed by atoms with Crippen LogP contribution >= 0.6 is 11.3 Å². The molecular weight excluding hydrogens is 422 g/mol. The molecule has 0 N–H and O–H groups in total. The van der Waals surface area contributed by atoms with Crippen molar-refractivity contribution in [2.75, 3.05) is 6.54 Å². The first-order valence-corrected chi connectivity index (χ1v) is 11.8. The van der Waals surface area contributed by atoms with Gasteiger partial charge in [-0.1, -0.05) is 35.5 Å². The molecule has 6 rings (SSSR count). The van der Waals surface area contributed by atoms with E-state index in [1.54, 1.807) is 11.3 Å². The molecule has 2 aliphatic rings. The van der Waals surface area contributed by atoms with Crippen LogP contribution in [0.1, 0.15) is 44.2 Å². The number of fused-ring (bicyclic) bond motifs is 2. The highest BCUT2D eigenvalue weighted by molar-refractivity contribution is 7.14. The molecule has 1 aliphatic carbocycles. The molecule has 4 aromatic rings. The van der Waals surface area contributed by atoms with E-state index in [1.807, 2.05) is 47.0 Å². The second kappa shape index (κ2) is 7.70. The summed E-state index contributed by atoms with van der Waals surface area (Å²) in [5.74, 6) is 1.04. The summed E-state index contributed by atoms with van der Waals surface area (Å²) in [4.78, 5) is 22.1. The van der Waals surface area contributed by atoms with Gasteiger partial charge in [-0.05, 0) is 37.3 Å². The van der Waals surface area contributed by atoms with Crippen LogP contribution in [-0.2, 0) is 32.9 Å². The summed E-state index contributed by atoms with van der Waals surface area (Å²) in [6, 6.07) is 11.9. The topological polar surface area (TPSA) is 77.1 Å². The highest BCUT2D eigenvalue weighted by Crippen LogP contribution is 2.33. The Kier molecular flexibility index (Phi) is 4.68. The first-order chi connectivity index (χ1) is 15.7. The maximum atomic E-state index is 13.3. The maximum Gasteiger partial charge on any atom is 0.279 e. The van der Waals surface area contributed by atoms with Crippen LogP contribution in [0.25, 0.3) is 23.0 Å². The number of hydrogen-bond donors (Lipinski definition) is 0. The van der Waals surface area contributed by atoms with Gasteiger partial charge in [-0.25, -0.2) is 0 Å². The Hall–Kier alpha value is -3.26. The summed E-state index contributed by atoms with van der Waals surface area (Å²) >= 11 is 1.67. The van der Waals surface area contributed by atoms with Gasteiger partial charge in [-0.15, -0.1) is 11.3 Å². The molecule has 0 fully saturated rings. The molecule has 0 unspecified atom stereocenters. The van der Waals surface area contributed by atoms with E-state index < -0.39 is 0 Å². The molecule has 3 aromatic heterocycles. The average Bonchev–Trinajstić information content (AvgIpc) is 3.56. The summed E-state index contributed by atoms with van der Waals surface area (Å²) in [7, 11) is 1.93. The Morgan fingerprint density at radius 3 is 2.81 bits per heavy atom. The Bertz CT molecular complexity index is 1280. The van der Waals surface area contributed by atoms with Crippen LogP contribution in [0, 0.1) is 0 Å². The first-order valence-electron chi connectivity index (χ1n) is 11.0. The fraction of sp³-hybridized carbons (Fsp3) is 0.333. The zero-order valence-electron chi connectivity index (χ0n) is 17.9. The summed E-state index contributed by atoms with van der Waals surface area (Å²) in [5.41, 5.74) is 5.04. The van der Waals surface area contributed by atoms with Crippen molar-refractivity contribution in [3.05, 3.63) is 63.0 Å². The molecule has 0 atom stereocenters. The Balaban J connectivity index is 1.30. The highest BCUT2D eigenvalue weighted by Gasteiger charge is 2.31. The van der Waals surface area contributed by atoms with E-state index in [0.717, 1.165) is 41.0 Å². The zero-order valence-corrected chi connectivity index (χ0v) is 18.7. The van der Waals surface area contributed by atoms with E-state index in [9.17, 15) is 4.79 Å². The van der Waals surface area contributed by atoms with Crippen molar-refractivity contribution in [2.24, 2.45) is 7.05 Å². The van der Waals surface area contributed by atoms with E-state index in [0.29, 0.717) is 30.5 Å². The third-order valence-electron chi connectivity index (χ3n) is 6.40. The third-order valence-corrected chi connectivity index (χ3v) is 7.62. The van der Waals surface area contributed by atoms with Crippen molar-refractivity contribution < 1.29 is 9.32 Å². The molecule has 32 heavy (non-hydrogen) atoms. The van der Waals surface area contributed by atoms with Gasteiger partial charge < -0.3 is 9.42 Å². The van der Waals surface area contributed by atoms with Gasteiger partial charge in [-0.3, -0.25) is 9.48 Å². The molecule has 0 bridgehead atoms. The molecule has 4 heterocycles. The fourth-order valence-corrected chi connectivity index (χ4v) is 5.94. The SMILES string of the molecule is Cn1nc(-c2nc(-c3ccccc3)no2)c2c1CCN(C(=O)c1cc3c(s1)CCCC3)C2. The quantitative estimate of drug-likeness (QED) is 0.471. The molecule has 0 spiro atoms. The summed E-state index contributed by atoms with van der Waals surface area (Å²) in [5, 5.41) is 8.82. The minimum Gasteiger partial charge on any atom is -0.333 e. The van der Waals surface area contributed by atoms with Gasteiger partial charge in [0.2, 0.25) is 5.82 Å². The van der Waals surface area contributed by atoms with Gasteiger partial charge in [0, 0.05) is 41.7 Å². The van der Waals surface area contributed by atoms with Crippen LogP contribution < -0.4 is 0 Å². The molecular formula is C24H23N5O2S. The number of carbonyl (C=O) groups excluding carboxylic acids is 1. The van der Waals surface area contributed by atoms with Crippen LogP contribution in [0.3, 0.4) is 0 Å². The van der Waals surface area contributed by atoms with Gasteiger partial charge in [0.25, 0.3) is 11.8 Å². The first kappa shape index (κ1) is 19.4. The number of benzene rings is 1. The minimum atomic E-state index is 0.111. The number of carbonyl (C=O) groups is 1. The van der Waals surface area contributed by atoms with E-state index in [4.69, 9.17) is 4.52 Å². The van der Waals surface area contributed by atoms with Crippen LogP contribution in [0.5, 0.6) is 0 Å². The molecule has 0 saturated carbocycles. The lowest BCUT2D eigenvalue weighted by atomic mass is 9.99. The fourth-order valence-electron chi connectivity index (χ4n) is 4.71. The van der Waals surface area contributed by atoms with Crippen molar-refractivity contribution in [3.63, 3.8) is 0 Å². The standard InChI is InChI=1S/C24H23N5O2S/c1-28-18-11-12-29(24(30)20-13-16-9-5-6-10-19(16)32-20)14-17(18)21(26-28)23-25-22(27-31-23)15-7-3-2-4-8-15/h2-4,7-8,13H,5-6,9-12,14H2,1H3. The van der Waals surface area contributed by atoms with E-state index >= 15 is 0 Å². The largest absolute Gasteiger partial charge is 0.333 e. The Morgan fingerprint density at radius 2 is 1.97 bits per heavy atom. The number of aryl methyl sites for hydroxylation is 3. The summed E-state index contributed by atoms with van der Waals surface area (Å²) < 4.78 is 7.46. The van der Waals surface area contributed by atoms with Crippen molar-refractivity contribution in [3.8, 4) is 23.0 Å². The molecule has 0 saturated heterocycles. The third kappa shape index (κ3) is 3.26. The number of nitrogens with zero attached hydrogens (tertiary/aromatic N) is 5. The second-order valence-corrected chi connectivity index (χ2v) is 9.57. The van der Waals surface area contributed by atoms with Gasteiger partial charge in [-0.2, -0.15) is 10.1 Å². The summed E-state index contributed by atoms with van der Waals surface area (Å²) in [6.45, 7) is 1.19. The lowest BCUT2D eigenvalue weighted by Crippen LogP contribution is -2.36. The molecule has 162 valence electrons. The normalized spacial score (nSPS) is 15.5. The smallest absolute Gasteiger partial charge is 0.279 e. The number of thiophene rings is 1. The predicted octanol–water partition coefficient (Wildman–Crippen LogP) is 4.28. The molecule has 8 heteroatoms. The van der Waals surface area contributed by atoms with Crippen molar-refractivity contribution >= 4 is 17.2 Å². The molecule has 1 amide bonds. The Labute approximate surface area is 189 Å². The maximum absolute atomic E-state index is 13.3. The number of hydrogen-bond acceptors (Lipinski definition) is 6. The molecule has 1 aliphatic heterocycles. The van der Waals surface area contributed by atoms with Crippen LogP contribution in [-0.4, -0.2) is 37.3 Å². The van der Waals surface area contributed by atoms with E-state index in [1.165, 1.54) is 23.3 Å². The molecule has 7 nitrogen and oxygen atoms in total. The van der Waals surface area contributed by atoms with E-state index in [-0.39, 0.29) is 5.91 Å². The van der Waals surface area contributed by atoms with Gasteiger partial charge in [0.1, 0.15) is 0 Å². The summed E-state index contributed by atoms with van der Waals surface area (Å²) in [6.07, 6.45) is 5.40. The van der Waals surface area contributed by atoms with Crippen LogP contribution in [0.4, 0.5) is 0 Å². The van der Waals surface area contributed by atoms with Crippen LogP contribution in [0.15, 0.2) is 40.9 Å². The van der Waals surface area contributed by atoms with Crippen LogP contribution in [0.2, 0.25) is 0 Å². The lowest BCUT2D eigenvalue weighted by molar-refractivity contribution is 0.0738. The monoisotopic (exact) mass is 445 g/mol. The van der Waals surface area contributed by atoms with Crippen molar-refractivity contribution in [1.82, 2.24) is 24.8 Å². The van der Waals surface area contributed by atoms with Crippen molar-refractivity contribution in [1.29, 1.82) is 0 Å². The Morgan fingerprint density at radius 1 is 1.12 bits per heavy atom. The molecule has 1 aromatic carbocycles. The average molecular weight is 446 g/mol. The highest BCUT2D eigenvalue weighted by atomic mass is 32.1.